The number of nitrogens with zero attached hydrogens (tertiary/aromatic N) is 1. The first-order chi connectivity index (χ1) is 11.1. The molecule has 0 saturated heterocycles. The highest BCUT2D eigenvalue weighted by Crippen LogP contribution is 2.20. The van der Waals surface area contributed by atoms with Crippen molar-refractivity contribution in [2.75, 3.05) is 42.3 Å². The lowest BCUT2D eigenvalue weighted by molar-refractivity contribution is 0.281. The first-order valence-electron chi connectivity index (χ1n) is 7.79. The smallest absolute Gasteiger partial charge is 0.0606 e. The minimum atomic E-state index is 0.0692. The minimum absolute atomic E-state index is 0.0692. The number of aliphatic hydroxyl groups excluding tert-OH is 2. The van der Waals surface area contributed by atoms with Gasteiger partial charge in [-0.1, -0.05) is 12.1 Å². The molecular formula is C18H25N3O2. The summed E-state index contributed by atoms with van der Waals surface area (Å²) in [5.41, 5.74) is 10.9. The van der Waals surface area contributed by atoms with Crippen LogP contribution in [0.25, 0.3) is 0 Å². The van der Waals surface area contributed by atoms with E-state index < -0.39 is 0 Å². The van der Waals surface area contributed by atoms with Crippen molar-refractivity contribution >= 4 is 17.1 Å². The second-order valence-corrected chi connectivity index (χ2v) is 5.53. The zero-order chi connectivity index (χ0) is 16.7. The number of hydrogen-bond acceptors (Lipinski definition) is 5. The summed E-state index contributed by atoms with van der Waals surface area (Å²) >= 11 is 0. The zero-order valence-corrected chi connectivity index (χ0v) is 13.5. The average Bonchev–Trinajstić information content (AvgIpc) is 2.54. The van der Waals surface area contributed by atoms with Gasteiger partial charge in [0.05, 0.1) is 13.2 Å². The molecule has 0 atom stereocenters. The van der Waals surface area contributed by atoms with Gasteiger partial charge in [0.15, 0.2) is 0 Å². The third-order valence-corrected chi connectivity index (χ3v) is 3.77. The third kappa shape index (κ3) is 4.87. The fourth-order valence-electron chi connectivity index (χ4n) is 2.52. The molecule has 0 bridgehead atoms. The molecule has 23 heavy (non-hydrogen) atoms. The first-order valence-corrected chi connectivity index (χ1v) is 7.79. The van der Waals surface area contributed by atoms with Crippen LogP contribution in [-0.2, 0) is 6.54 Å². The van der Waals surface area contributed by atoms with Gasteiger partial charge in [-0.2, -0.15) is 0 Å². The van der Waals surface area contributed by atoms with E-state index in [-0.39, 0.29) is 13.2 Å². The maximum Gasteiger partial charge on any atom is 0.0606 e. The molecule has 5 N–H and O–H groups in total. The quantitative estimate of drug-likeness (QED) is 0.560. The Morgan fingerprint density at radius 2 is 1.65 bits per heavy atom. The Labute approximate surface area is 137 Å². The van der Waals surface area contributed by atoms with Gasteiger partial charge in [-0.25, -0.2) is 0 Å². The fourth-order valence-corrected chi connectivity index (χ4v) is 2.52. The fraction of sp³-hybridized carbons (Fsp3) is 0.333. The second-order valence-electron chi connectivity index (χ2n) is 5.53. The molecule has 0 radical (unpaired) electrons. The summed E-state index contributed by atoms with van der Waals surface area (Å²) in [5, 5.41) is 21.6. The van der Waals surface area contributed by atoms with Gasteiger partial charge in [0.1, 0.15) is 0 Å². The zero-order valence-electron chi connectivity index (χ0n) is 13.5. The molecule has 124 valence electrons. The van der Waals surface area contributed by atoms with Crippen LogP contribution >= 0.6 is 0 Å². The standard InChI is InChI=1S/C18H25N3O2/c1-14-12-16(19)4-7-18(14)20-13-15-2-5-17(6-3-15)21(8-10-22)9-11-23/h2-7,12,20,22-23H,8-11,13,19H2,1H3. The number of nitrogen functional groups attached to an aromatic ring is 1. The normalized spacial score (nSPS) is 10.6. The third-order valence-electron chi connectivity index (χ3n) is 3.77. The summed E-state index contributed by atoms with van der Waals surface area (Å²) in [6.45, 7) is 3.93. The molecule has 0 aliphatic rings. The summed E-state index contributed by atoms with van der Waals surface area (Å²) in [6.07, 6.45) is 0. The molecule has 0 aliphatic heterocycles. The Hall–Kier alpha value is -2.24. The largest absolute Gasteiger partial charge is 0.399 e. The summed E-state index contributed by atoms with van der Waals surface area (Å²) in [5.74, 6) is 0. The van der Waals surface area contributed by atoms with Crippen molar-refractivity contribution in [1.29, 1.82) is 0 Å². The molecule has 5 heteroatoms. The maximum atomic E-state index is 9.09. The molecular weight excluding hydrogens is 290 g/mol. The Morgan fingerprint density at radius 3 is 2.22 bits per heavy atom. The van der Waals surface area contributed by atoms with Crippen LogP contribution in [0.4, 0.5) is 17.1 Å². The van der Waals surface area contributed by atoms with Crippen molar-refractivity contribution < 1.29 is 10.2 Å². The lowest BCUT2D eigenvalue weighted by atomic mass is 10.1. The number of anilines is 3. The molecule has 0 fully saturated rings. The van der Waals surface area contributed by atoms with Crippen molar-refractivity contribution in [3.63, 3.8) is 0 Å². The van der Waals surface area contributed by atoms with E-state index >= 15 is 0 Å². The molecule has 0 saturated carbocycles. The monoisotopic (exact) mass is 315 g/mol. The van der Waals surface area contributed by atoms with E-state index in [1.54, 1.807) is 0 Å². The molecule has 0 amide bonds. The van der Waals surface area contributed by atoms with Crippen molar-refractivity contribution in [2.24, 2.45) is 0 Å². The van der Waals surface area contributed by atoms with Crippen molar-refractivity contribution in [1.82, 2.24) is 0 Å². The number of aliphatic hydroxyl groups is 2. The summed E-state index contributed by atoms with van der Waals surface area (Å²) in [6, 6.07) is 14.0. The van der Waals surface area contributed by atoms with Gasteiger partial charge < -0.3 is 26.2 Å². The Bertz CT molecular complexity index is 608. The lowest BCUT2D eigenvalue weighted by Gasteiger charge is -2.23. The van der Waals surface area contributed by atoms with Gasteiger partial charge in [0, 0.05) is 36.7 Å². The number of nitrogens with two attached hydrogens (primary N) is 1. The maximum absolute atomic E-state index is 9.09. The molecule has 0 aliphatic carbocycles. The second kappa shape index (κ2) is 8.41. The minimum Gasteiger partial charge on any atom is -0.399 e. The molecule has 5 nitrogen and oxygen atoms in total. The SMILES string of the molecule is Cc1cc(N)ccc1NCc1ccc(N(CCO)CCO)cc1. The topological polar surface area (TPSA) is 81.8 Å². The van der Waals surface area contributed by atoms with Crippen LogP contribution in [0, 0.1) is 6.92 Å². The molecule has 0 spiro atoms. The van der Waals surface area contributed by atoms with Crippen LogP contribution in [0.2, 0.25) is 0 Å². The molecule has 2 rings (SSSR count). The number of benzene rings is 2. The van der Waals surface area contributed by atoms with E-state index in [1.807, 2.05) is 42.2 Å². The van der Waals surface area contributed by atoms with E-state index in [2.05, 4.69) is 17.4 Å². The van der Waals surface area contributed by atoms with Crippen LogP contribution < -0.4 is 16.0 Å². The highest BCUT2D eigenvalue weighted by atomic mass is 16.3. The van der Waals surface area contributed by atoms with Gasteiger partial charge in [0.25, 0.3) is 0 Å². The van der Waals surface area contributed by atoms with Crippen LogP contribution in [0.15, 0.2) is 42.5 Å². The Morgan fingerprint density at radius 1 is 1.00 bits per heavy atom. The predicted molar refractivity (Wildman–Crippen MR) is 95.7 cm³/mol. The van der Waals surface area contributed by atoms with Gasteiger partial charge in [-0.3, -0.25) is 0 Å². The highest BCUT2D eigenvalue weighted by molar-refractivity contribution is 5.57. The Kier molecular flexibility index (Phi) is 6.26. The van der Waals surface area contributed by atoms with Crippen LogP contribution in [0.5, 0.6) is 0 Å². The van der Waals surface area contributed by atoms with Crippen molar-refractivity contribution in [3.8, 4) is 0 Å². The molecule has 0 heterocycles. The predicted octanol–water partition coefficient (Wildman–Crippen LogP) is 1.98. The highest BCUT2D eigenvalue weighted by Gasteiger charge is 2.05. The number of hydrogen-bond donors (Lipinski definition) is 4. The molecule has 2 aromatic carbocycles. The van der Waals surface area contributed by atoms with Crippen molar-refractivity contribution in [3.05, 3.63) is 53.6 Å². The van der Waals surface area contributed by atoms with Gasteiger partial charge in [-0.05, 0) is 48.4 Å². The summed E-state index contributed by atoms with van der Waals surface area (Å²) in [4.78, 5) is 1.96. The number of rotatable bonds is 8. The molecule has 0 aromatic heterocycles. The van der Waals surface area contributed by atoms with E-state index in [4.69, 9.17) is 15.9 Å². The summed E-state index contributed by atoms with van der Waals surface area (Å²) < 4.78 is 0. The molecule has 0 unspecified atom stereocenters. The number of nitrogens with one attached hydrogen (secondary N) is 1. The van der Waals surface area contributed by atoms with Crippen LogP contribution in [0.1, 0.15) is 11.1 Å². The van der Waals surface area contributed by atoms with Crippen molar-refractivity contribution in [2.45, 2.75) is 13.5 Å². The van der Waals surface area contributed by atoms with E-state index in [0.29, 0.717) is 13.1 Å². The Balaban J connectivity index is 1.99. The summed E-state index contributed by atoms with van der Waals surface area (Å²) in [7, 11) is 0. The average molecular weight is 315 g/mol. The lowest BCUT2D eigenvalue weighted by Crippen LogP contribution is -2.29. The van der Waals surface area contributed by atoms with E-state index in [0.717, 1.165) is 34.7 Å². The van der Waals surface area contributed by atoms with E-state index in [1.165, 1.54) is 0 Å². The number of aryl methyl sites for hydroxylation is 1. The van der Waals surface area contributed by atoms with Crippen LogP contribution in [-0.4, -0.2) is 36.5 Å². The van der Waals surface area contributed by atoms with Gasteiger partial charge in [-0.15, -0.1) is 0 Å². The van der Waals surface area contributed by atoms with Gasteiger partial charge in [0.2, 0.25) is 0 Å². The molecule has 2 aromatic rings. The van der Waals surface area contributed by atoms with E-state index in [9.17, 15) is 0 Å². The van der Waals surface area contributed by atoms with Gasteiger partial charge >= 0.3 is 0 Å². The first kappa shape index (κ1) is 17.1. The van der Waals surface area contributed by atoms with Crippen LogP contribution in [0.3, 0.4) is 0 Å².